The lowest BCUT2D eigenvalue weighted by atomic mass is 10.2. The SMILES string of the molecule is COc1cc(C)cc(OC)c1S(=O)(=O)c1ccc(CNC(=O)c2cnc3[nH]ncc3c2)cc1. The van der Waals surface area contributed by atoms with Crippen LogP contribution in [0, 0.1) is 6.92 Å². The molecule has 0 fully saturated rings. The molecule has 4 aromatic rings. The van der Waals surface area contributed by atoms with Crippen molar-refractivity contribution >= 4 is 26.8 Å². The van der Waals surface area contributed by atoms with Crippen molar-refractivity contribution in [2.24, 2.45) is 0 Å². The maximum absolute atomic E-state index is 13.3. The van der Waals surface area contributed by atoms with Gasteiger partial charge >= 0.3 is 0 Å². The molecular formula is C23H22N4O5S. The highest BCUT2D eigenvalue weighted by Crippen LogP contribution is 2.38. The molecule has 0 aliphatic rings. The topological polar surface area (TPSA) is 123 Å². The van der Waals surface area contributed by atoms with Crippen molar-refractivity contribution in [3.8, 4) is 11.5 Å². The van der Waals surface area contributed by atoms with E-state index in [1.165, 1.54) is 32.5 Å². The zero-order chi connectivity index (χ0) is 23.6. The van der Waals surface area contributed by atoms with Crippen LogP contribution in [-0.2, 0) is 16.4 Å². The summed E-state index contributed by atoms with van der Waals surface area (Å²) in [5.74, 6) is 0.134. The number of sulfone groups is 1. The van der Waals surface area contributed by atoms with Crippen LogP contribution in [0.1, 0.15) is 21.5 Å². The lowest BCUT2D eigenvalue weighted by Crippen LogP contribution is -2.22. The maximum Gasteiger partial charge on any atom is 0.253 e. The van der Waals surface area contributed by atoms with E-state index in [4.69, 9.17) is 9.47 Å². The first-order valence-corrected chi connectivity index (χ1v) is 11.5. The molecule has 0 atom stereocenters. The summed E-state index contributed by atoms with van der Waals surface area (Å²) >= 11 is 0. The molecule has 2 aromatic carbocycles. The third-order valence-electron chi connectivity index (χ3n) is 5.11. The van der Waals surface area contributed by atoms with Crippen molar-refractivity contribution in [3.05, 3.63) is 71.5 Å². The number of hydrogen-bond donors (Lipinski definition) is 2. The fourth-order valence-corrected chi connectivity index (χ4v) is 4.97. The van der Waals surface area contributed by atoms with Crippen molar-refractivity contribution in [3.63, 3.8) is 0 Å². The van der Waals surface area contributed by atoms with Crippen molar-refractivity contribution in [1.82, 2.24) is 20.5 Å². The normalized spacial score (nSPS) is 11.4. The first-order chi connectivity index (χ1) is 15.8. The van der Waals surface area contributed by atoms with Gasteiger partial charge < -0.3 is 14.8 Å². The number of carbonyl (C=O) groups is 1. The van der Waals surface area contributed by atoms with E-state index < -0.39 is 9.84 Å². The number of aromatic amines is 1. The summed E-state index contributed by atoms with van der Waals surface area (Å²) in [6.07, 6.45) is 3.06. The average Bonchev–Trinajstić information content (AvgIpc) is 3.30. The van der Waals surface area contributed by atoms with E-state index in [0.717, 1.165) is 16.5 Å². The van der Waals surface area contributed by atoms with Gasteiger partial charge in [-0.05, 0) is 48.4 Å². The molecule has 9 nitrogen and oxygen atoms in total. The highest BCUT2D eigenvalue weighted by molar-refractivity contribution is 7.91. The van der Waals surface area contributed by atoms with Crippen molar-refractivity contribution < 1.29 is 22.7 Å². The van der Waals surface area contributed by atoms with Crippen LogP contribution in [0.4, 0.5) is 0 Å². The molecule has 2 N–H and O–H groups in total. The quantitative estimate of drug-likeness (QED) is 0.429. The molecule has 0 aliphatic heterocycles. The number of H-pyrrole nitrogens is 1. The Hall–Kier alpha value is -3.92. The van der Waals surface area contributed by atoms with Gasteiger partial charge in [-0.2, -0.15) is 5.10 Å². The summed E-state index contributed by atoms with van der Waals surface area (Å²) in [6.45, 7) is 2.05. The van der Waals surface area contributed by atoms with Crippen molar-refractivity contribution in [1.29, 1.82) is 0 Å². The minimum absolute atomic E-state index is 0.0266. The largest absolute Gasteiger partial charge is 0.495 e. The molecule has 0 unspecified atom stereocenters. The van der Waals surface area contributed by atoms with E-state index in [1.807, 2.05) is 6.92 Å². The van der Waals surface area contributed by atoms with E-state index in [-0.39, 0.29) is 33.7 Å². The standard InChI is InChI=1S/C23H22N4O5S/c1-14-8-19(31-2)21(20(9-14)32-3)33(29,30)18-6-4-15(5-7-18)11-25-23(28)17-10-16-13-26-27-22(16)24-12-17/h4-10,12-13H,11H2,1-3H3,(H,25,28)(H,24,26,27). The van der Waals surface area contributed by atoms with Gasteiger partial charge in [0.1, 0.15) is 11.5 Å². The monoisotopic (exact) mass is 466 g/mol. The smallest absolute Gasteiger partial charge is 0.253 e. The minimum atomic E-state index is -3.90. The number of rotatable bonds is 7. The van der Waals surface area contributed by atoms with Gasteiger partial charge in [0.05, 0.1) is 30.9 Å². The lowest BCUT2D eigenvalue weighted by Gasteiger charge is -2.15. The molecule has 2 aromatic heterocycles. The predicted octanol–water partition coefficient (Wildman–Crippen LogP) is 3.05. The Morgan fingerprint density at radius 3 is 2.33 bits per heavy atom. The van der Waals surface area contributed by atoms with E-state index >= 15 is 0 Å². The third kappa shape index (κ3) is 4.37. The number of aromatic nitrogens is 3. The van der Waals surface area contributed by atoms with E-state index in [9.17, 15) is 13.2 Å². The Balaban J connectivity index is 1.53. The second-order valence-corrected chi connectivity index (χ2v) is 9.25. The molecule has 2 heterocycles. The van der Waals surface area contributed by atoms with E-state index in [2.05, 4.69) is 20.5 Å². The summed E-state index contributed by atoms with van der Waals surface area (Å²) in [5, 5.41) is 10.2. The number of nitrogens with one attached hydrogen (secondary N) is 2. The first-order valence-electron chi connectivity index (χ1n) is 9.97. The molecule has 0 bridgehead atoms. The van der Waals surface area contributed by atoms with Crippen molar-refractivity contribution in [2.75, 3.05) is 14.2 Å². The highest BCUT2D eigenvalue weighted by Gasteiger charge is 2.27. The maximum atomic E-state index is 13.3. The van der Waals surface area contributed by atoms with Gasteiger partial charge in [0.2, 0.25) is 9.84 Å². The molecule has 4 rings (SSSR count). The summed E-state index contributed by atoms with van der Waals surface area (Å²) in [4.78, 5) is 16.7. The first kappa shape index (κ1) is 22.3. The molecule has 0 saturated heterocycles. The minimum Gasteiger partial charge on any atom is -0.495 e. The zero-order valence-corrected chi connectivity index (χ0v) is 19.1. The van der Waals surface area contributed by atoms with E-state index in [1.54, 1.807) is 36.5 Å². The fourth-order valence-electron chi connectivity index (χ4n) is 3.43. The van der Waals surface area contributed by atoms with Gasteiger partial charge in [0.25, 0.3) is 5.91 Å². The zero-order valence-electron chi connectivity index (χ0n) is 18.2. The lowest BCUT2D eigenvalue weighted by molar-refractivity contribution is 0.0950. The molecule has 170 valence electrons. The number of nitrogens with zero attached hydrogens (tertiary/aromatic N) is 2. The molecule has 0 saturated carbocycles. The van der Waals surface area contributed by atoms with Crippen LogP contribution in [-0.4, -0.2) is 43.7 Å². The average molecular weight is 467 g/mol. The molecule has 0 spiro atoms. The predicted molar refractivity (Wildman–Crippen MR) is 121 cm³/mol. The number of aryl methyl sites for hydroxylation is 1. The molecule has 0 radical (unpaired) electrons. The highest BCUT2D eigenvalue weighted by atomic mass is 32.2. The van der Waals surface area contributed by atoms with Crippen LogP contribution in [0.25, 0.3) is 11.0 Å². The van der Waals surface area contributed by atoms with Gasteiger partial charge in [-0.25, -0.2) is 13.4 Å². The second-order valence-electron chi connectivity index (χ2n) is 7.36. The van der Waals surface area contributed by atoms with Crippen LogP contribution >= 0.6 is 0 Å². The number of fused-ring (bicyclic) bond motifs is 1. The second kappa shape index (κ2) is 8.91. The van der Waals surface area contributed by atoms with Crippen LogP contribution in [0.3, 0.4) is 0 Å². The molecule has 33 heavy (non-hydrogen) atoms. The van der Waals surface area contributed by atoms with Gasteiger partial charge in [-0.15, -0.1) is 0 Å². The Bertz CT molecular complexity index is 1400. The van der Waals surface area contributed by atoms with Crippen LogP contribution < -0.4 is 14.8 Å². The summed E-state index contributed by atoms with van der Waals surface area (Å²) in [6, 6.07) is 11.3. The van der Waals surface area contributed by atoms with Gasteiger partial charge in [0, 0.05) is 18.1 Å². The van der Waals surface area contributed by atoms with Crippen LogP contribution in [0.2, 0.25) is 0 Å². The number of ether oxygens (including phenoxy) is 2. The summed E-state index contributed by atoms with van der Waals surface area (Å²) in [7, 11) is -1.07. The molecule has 10 heteroatoms. The Labute approximate surface area is 190 Å². The number of benzene rings is 2. The van der Waals surface area contributed by atoms with Crippen molar-refractivity contribution in [2.45, 2.75) is 23.3 Å². The third-order valence-corrected chi connectivity index (χ3v) is 6.95. The van der Waals surface area contributed by atoms with Gasteiger partial charge in [-0.3, -0.25) is 9.89 Å². The van der Waals surface area contributed by atoms with E-state index in [0.29, 0.717) is 11.2 Å². The van der Waals surface area contributed by atoms with Crippen LogP contribution in [0.5, 0.6) is 11.5 Å². The summed E-state index contributed by atoms with van der Waals surface area (Å²) < 4.78 is 37.2. The van der Waals surface area contributed by atoms with Crippen LogP contribution in [0.15, 0.2) is 64.6 Å². The number of carbonyl (C=O) groups excluding carboxylic acids is 1. The summed E-state index contributed by atoms with van der Waals surface area (Å²) in [5.41, 5.74) is 2.56. The molecule has 1 amide bonds. The number of methoxy groups -OCH3 is 2. The fraction of sp³-hybridized carbons (Fsp3) is 0.174. The Kier molecular flexibility index (Phi) is 6.01. The Morgan fingerprint density at radius 2 is 1.70 bits per heavy atom. The van der Waals surface area contributed by atoms with Gasteiger partial charge in [-0.1, -0.05) is 12.1 Å². The Morgan fingerprint density at radius 1 is 1.03 bits per heavy atom. The number of pyridine rings is 1. The number of amides is 1. The molecule has 0 aliphatic carbocycles. The number of hydrogen-bond acceptors (Lipinski definition) is 7. The van der Waals surface area contributed by atoms with Gasteiger partial charge in [0.15, 0.2) is 10.5 Å². The molecular weight excluding hydrogens is 444 g/mol.